The normalized spacial score (nSPS) is 16.6. The van der Waals surface area contributed by atoms with E-state index in [1.54, 1.807) is 11.3 Å². The van der Waals surface area contributed by atoms with Crippen LogP contribution in [0.2, 0.25) is 0 Å². The number of fused-ring (bicyclic) bond motifs is 1. The summed E-state index contributed by atoms with van der Waals surface area (Å²) >= 11 is 1.61. The van der Waals surface area contributed by atoms with Crippen molar-refractivity contribution in [2.75, 3.05) is 5.32 Å². The third-order valence-electron chi connectivity index (χ3n) is 2.54. The summed E-state index contributed by atoms with van der Waals surface area (Å²) in [5.74, 6) is -0.0177. The lowest BCUT2D eigenvalue weighted by Crippen LogP contribution is -2.03. The Morgan fingerprint density at radius 3 is 3.06 bits per heavy atom. The number of H-pyrrole nitrogens is 1. The number of aromatic amines is 1. The molecule has 3 nitrogen and oxygen atoms in total. The third-order valence-corrected chi connectivity index (χ3v) is 3.50. The molecule has 1 aliphatic heterocycles. The summed E-state index contributed by atoms with van der Waals surface area (Å²) in [5.41, 5.74) is 2.70. The minimum Gasteiger partial charge on any atom is -0.362 e. The summed E-state index contributed by atoms with van der Waals surface area (Å²) in [7, 11) is 0. The number of hydrogen-bond donors (Lipinski definition) is 2. The van der Waals surface area contributed by atoms with Crippen LogP contribution >= 0.6 is 11.3 Å². The van der Waals surface area contributed by atoms with Gasteiger partial charge in [-0.05, 0) is 31.2 Å². The van der Waals surface area contributed by atoms with E-state index in [0.717, 1.165) is 21.8 Å². The molecule has 0 aliphatic carbocycles. The van der Waals surface area contributed by atoms with Gasteiger partial charge >= 0.3 is 0 Å². The van der Waals surface area contributed by atoms with Gasteiger partial charge in [-0.1, -0.05) is 0 Å². The highest BCUT2D eigenvalue weighted by Crippen LogP contribution is 2.39. The SMILES string of the molecule is Cc1cc2c(s1)NC(=O)/C2=C/c1ccc[nH]1. The molecule has 0 fully saturated rings. The second-order valence-electron chi connectivity index (χ2n) is 3.74. The summed E-state index contributed by atoms with van der Waals surface area (Å²) in [6, 6.07) is 5.91. The fourth-order valence-electron chi connectivity index (χ4n) is 1.83. The quantitative estimate of drug-likeness (QED) is 0.727. The Labute approximate surface area is 96.8 Å². The van der Waals surface area contributed by atoms with E-state index < -0.39 is 0 Å². The van der Waals surface area contributed by atoms with E-state index in [9.17, 15) is 4.79 Å². The monoisotopic (exact) mass is 230 g/mol. The summed E-state index contributed by atoms with van der Waals surface area (Å²) in [4.78, 5) is 16.0. The van der Waals surface area contributed by atoms with Gasteiger partial charge in [-0.3, -0.25) is 4.79 Å². The van der Waals surface area contributed by atoms with Crippen molar-refractivity contribution in [3.05, 3.63) is 40.5 Å². The number of hydrogen-bond acceptors (Lipinski definition) is 2. The van der Waals surface area contributed by atoms with Crippen molar-refractivity contribution in [2.24, 2.45) is 0 Å². The van der Waals surface area contributed by atoms with Crippen LogP contribution < -0.4 is 5.32 Å². The Kier molecular flexibility index (Phi) is 1.97. The maximum atomic E-state index is 11.7. The number of rotatable bonds is 1. The molecule has 0 saturated heterocycles. The Morgan fingerprint density at radius 2 is 2.31 bits per heavy atom. The van der Waals surface area contributed by atoms with Crippen LogP contribution in [0.25, 0.3) is 11.6 Å². The largest absolute Gasteiger partial charge is 0.362 e. The molecule has 2 N–H and O–H groups in total. The Hall–Kier alpha value is -1.81. The summed E-state index contributed by atoms with van der Waals surface area (Å²) in [5, 5.41) is 3.84. The number of amides is 1. The molecule has 0 unspecified atom stereocenters. The Bertz CT molecular complexity index is 578. The molecule has 0 bridgehead atoms. The van der Waals surface area contributed by atoms with Crippen molar-refractivity contribution in [1.29, 1.82) is 0 Å². The average molecular weight is 230 g/mol. The highest BCUT2D eigenvalue weighted by Gasteiger charge is 2.26. The molecule has 1 aliphatic rings. The minimum absolute atomic E-state index is 0.0177. The second-order valence-corrected chi connectivity index (χ2v) is 4.99. The number of aromatic nitrogens is 1. The van der Waals surface area contributed by atoms with Crippen molar-refractivity contribution in [1.82, 2.24) is 4.98 Å². The molecular formula is C12H10N2OS. The van der Waals surface area contributed by atoms with Gasteiger partial charge < -0.3 is 10.3 Å². The van der Waals surface area contributed by atoms with E-state index in [2.05, 4.69) is 10.3 Å². The molecule has 0 saturated carbocycles. The molecule has 16 heavy (non-hydrogen) atoms. The van der Waals surface area contributed by atoms with Gasteiger partial charge in [0, 0.05) is 22.3 Å². The van der Waals surface area contributed by atoms with Gasteiger partial charge in [0.2, 0.25) is 0 Å². The standard InChI is InChI=1S/C12H10N2OS/c1-7-5-10-9(6-8-3-2-4-13-8)11(15)14-12(10)16-7/h2-6,13H,1H3,(H,14,15)/b9-6+. The highest BCUT2D eigenvalue weighted by molar-refractivity contribution is 7.17. The van der Waals surface area contributed by atoms with Crippen LogP contribution in [0.3, 0.4) is 0 Å². The van der Waals surface area contributed by atoms with Crippen LogP contribution in [0.15, 0.2) is 24.4 Å². The molecule has 4 heteroatoms. The van der Waals surface area contributed by atoms with Crippen molar-refractivity contribution in [3.8, 4) is 0 Å². The van der Waals surface area contributed by atoms with Gasteiger partial charge in [0.15, 0.2) is 0 Å². The zero-order valence-electron chi connectivity index (χ0n) is 8.70. The molecule has 2 aromatic rings. The summed E-state index contributed by atoms with van der Waals surface area (Å²) in [6.07, 6.45) is 3.73. The number of carbonyl (C=O) groups is 1. The molecule has 0 atom stereocenters. The van der Waals surface area contributed by atoms with Gasteiger partial charge in [0.1, 0.15) is 5.00 Å². The van der Waals surface area contributed by atoms with Gasteiger partial charge in [0.05, 0.1) is 5.57 Å². The first-order valence-corrected chi connectivity index (χ1v) is 5.83. The molecule has 0 aromatic carbocycles. The van der Waals surface area contributed by atoms with Crippen molar-refractivity contribution in [2.45, 2.75) is 6.92 Å². The van der Waals surface area contributed by atoms with Crippen LogP contribution in [0.1, 0.15) is 16.1 Å². The van der Waals surface area contributed by atoms with Gasteiger partial charge in [-0.15, -0.1) is 11.3 Å². The molecular weight excluding hydrogens is 220 g/mol. The van der Waals surface area contributed by atoms with Gasteiger partial charge in [0.25, 0.3) is 5.91 Å². The van der Waals surface area contributed by atoms with Crippen LogP contribution in [-0.4, -0.2) is 10.9 Å². The molecule has 0 spiro atoms. The van der Waals surface area contributed by atoms with Crippen molar-refractivity contribution < 1.29 is 4.79 Å². The predicted molar refractivity (Wildman–Crippen MR) is 66.3 cm³/mol. The topological polar surface area (TPSA) is 44.9 Å². The first kappa shape index (κ1) is 9.42. The number of thiophene rings is 1. The van der Waals surface area contributed by atoms with Crippen molar-refractivity contribution >= 4 is 33.9 Å². The van der Waals surface area contributed by atoms with E-state index in [-0.39, 0.29) is 5.91 Å². The second kappa shape index (κ2) is 3.35. The van der Waals surface area contributed by atoms with Crippen LogP contribution in [0.4, 0.5) is 5.00 Å². The fourth-order valence-corrected chi connectivity index (χ4v) is 2.75. The third kappa shape index (κ3) is 1.39. The number of nitrogens with one attached hydrogen (secondary N) is 2. The zero-order chi connectivity index (χ0) is 11.1. The maximum Gasteiger partial charge on any atom is 0.257 e. The Balaban J connectivity index is 2.11. The molecule has 3 rings (SSSR count). The number of aryl methyl sites for hydroxylation is 1. The smallest absolute Gasteiger partial charge is 0.257 e. The van der Waals surface area contributed by atoms with Gasteiger partial charge in [-0.25, -0.2) is 0 Å². The molecule has 3 heterocycles. The van der Waals surface area contributed by atoms with Crippen LogP contribution in [0, 0.1) is 6.92 Å². The van der Waals surface area contributed by atoms with E-state index >= 15 is 0 Å². The van der Waals surface area contributed by atoms with E-state index in [1.165, 1.54) is 4.88 Å². The van der Waals surface area contributed by atoms with Gasteiger partial charge in [-0.2, -0.15) is 0 Å². The molecule has 80 valence electrons. The first-order valence-electron chi connectivity index (χ1n) is 5.01. The average Bonchev–Trinajstić information content (AvgIpc) is 2.88. The lowest BCUT2D eigenvalue weighted by atomic mass is 10.1. The Morgan fingerprint density at radius 1 is 1.44 bits per heavy atom. The summed E-state index contributed by atoms with van der Waals surface area (Å²) < 4.78 is 0. The lowest BCUT2D eigenvalue weighted by Gasteiger charge is -1.94. The zero-order valence-corrected chi connectivity index (χ0v) is 9.52. The first-order chi connectivity index (χ1) is 7.74. The van der Waals surface area contributed by atoms with Crippen LogP contribution in [-0.2, 0) is 4.79 Å². The molecule has 1 amide bonds. The highest BCUT2D eigenvalue weighted by atomic mass is 32.1. The fraction of sp³-hybridized carbons (Fsp3) is 0.0833. The number of anilines is 1. The summed E-state index contributed by atoms with van der Waals surface area (Å²) in [6.45, 7) is 2.04. The van der Waals surface area contributed by atoms with Crippen molar-refractivity contribution in [3.63, 3.8) is 0 Å². The van der Waals surface area contributed by atoms with E-state index in [0.29, 0.717) is 0 Å². The lowest BCUT2D eigenvalue weighted by molar-refractivity contribution is -0.110. The maximum absolute atomic E-state index is 11.7. The van der Waals surface area contributed by atoms with Crippen LogP contribution in [0.5, 0.6) is 0 Å². The number of carbonyl (C=O) groups excluding carboxylic acids is 1. The molecule has 2 aromatic heterocycles. The predicted octanol–water partition coefficient (Wildman–Crippen LogP) is 2.88. The minimum atomic E-state index is -0.0177. The van der Waals surface area contributed by atoms with E-state index in [1.807, 2.05) is 37.4 Å². The molecule has 0 radical (unpaired) electrons. The van der Waals surface area contributed by atoms with E-state index in [4.69, 9.17) is 0 Å².